The van der Waals surface area contributed by atoms with Crippen LogP contribution in [0.2, 0.25) is 0 Å². The molecule has 1 nitrogen and oxygen atoms in total. The molecule has 0 saturated heterocycles. The fraction of sp³-hybridized carbons (Fsp3) is 0.375. The number of hydrogen-bond donors (Lipinski definition) is 0. The second-order valence-corrected chi connectivity index (χ2v) is 4.42. The summed E-state index contributed by atoms with van der Waals surface area (Å²) in [4.78, 5) is 3.39. The third-order valence-electron chi connectivity index (χ3n) is 1.77. The SMILES string of the molecule is FC(F)c1cnc(CBr)c(C(F)(F)F)c1I. The summed E-state index contributed by atoms with van der Waals surface area (Å²) < 4.78 is 62.2. The first-order valence-electron chi connectivity index (χ1n) is 3.87. The molecule has 0 N–H and O–H groups in total. The molecule has 0 saturated carbocycles. The standard InChI is InChI=1S/C8H4BrF5IN/c9-1-4-5(8(12,13)14)6(15)3(2-16-4)7(10)11/h2,7H,1H2. The fourth-order valence-electron chi connectivity index (χ4n) is 1.08. The van der Waals surface area contributed by atoms with Crippen LogP contribution in [0.15, 0.2) is 6.20 Å². The minimum absolute atomic E-state index is 0.138. The van der Waals surface area contributed by atoms with Gasteiger partial charge in [0.05, 0.1) is 16.8 Å². The molecule has 0 bridgehead atoms. The molecule has 0 spiro atoms. The van der Waals surface area contributed by atoms with Crippen LogP contribution < -0.4 is 0 Å². The van der Waals surface area contributed by atoms with E-state index in [1.807, 2.05) is 0 Å². The molecule has 0 aliphatic carbocycles. The first-order valence-corrected chi connectivity index (χ1v) is 6.07. The number of alkyl halides is 6. The summed E-state index contributed by atoms with van der Waals surface area (Å²) in [6.45, 7) is 0. The van der Waals surface area contributed by atoms with Gasteiger partial charge in [0.25, 0.3) is 6.43 Å². The minimum atomic E-state index is -4.68. The maximum atomic E-state index is 12.6. The number of rotatable bonds is 2. The summed E-state index contributed by atoms with van der Waals surface area (Å²) >= 11 is 4.11. The van der Waals surface area contributed by atoms with E-state index in [9.17, 15) is 22.0 Å². The van der Waals surface area contributed by atoms with Crippen LogP contribution in [0.4, 0.5) is 22.0 Å². The van der Waals surface area contributed by atoms with Gasteiger partial charge in [-0.1, -0.05) is 15.9 Å². The zero-order valence-corrected chi connectivity index (χ0v) is 11.2. The molecule has 8 heteroatoms. The topological polar surface area (TPSA) is 12.9 Å². The van der Waals surface area contributed by atoms with Gasteiger partial charge in [0, 0.05) is 15.1 Å². The predicted octanol–water partition coefficient (Wildman–Crippen LogP) is 4.54. The van der Waals surface area contributed by atoms with Crippen molar-refractivity contribution in [3.05, 3.63) is 26.6 Å². The highest BCUT2D eigenvalue weighted by atomic mass is 127. The second kappa shape index (κ2) is 5.11. The maximum absolute atomic E-state index is 12.6. The Hall–Kier alpha value is 0.01000. The molecule has 0 radical (unpaired) electrons. The van der Waals surface area contributed by atoms with Crippen molar-refractivity contribution in [2.75, 3.05) is 0 Å². The highest BCUT2D eigenvalue weighted by molar-refractivity contribution is 14.1. The zero-order chi connectivity index (χ0) is 12.5. The van der Waals surface area contributed by atoms with E-state index < -0.39 is 27.3 Å². The Morgan fingerprint density at radius 2 is 1.94 bits per heavy atom. The first kappa shape index (κ1) is 14.1. The van der Waals surface area contributed by atoms with Crippen LogP contribution in [0.1, 0.15) is 23.2 Å². The Morgan fingerprint density at radius 3 is 2.31 bits per heavy atom. The van der Waals surface area contributed by atoms with E-state index in [0.717, 1.165) is 6.20 Å². The summed E-state index contributed by atoms with van der Waals surface area (Å²) in [7, 11) is 0. The van der Waals surface area contributed by atoms with Gasteiger partial charge in [-0.25, -0.2) is 8.78 Å². The quantitative estimate of drug-likeness (QED) is 0.392. The van der Waals surface area contributed by atoms with Crippen molar-refractivity contribution in [1.29, 1.82) is 0 Å². The van der Waals surface area contributed by atoms with Gasteiger partial charge in [-0.05, 0) is 22.6 Å². The molecule has 1 aromatic rings. The van der Waals surface area contributed by atoms with Gasteiger partial charge in [-0.3, -0.25) is 4.98 Å². The molecule has 1 rings (SSSR count). The number of aromatic nitrogens is 1. The van der Waals surface area contributed by atoms with Crippen molar-refractivity contribution in [2.24, 2.45) is 0 Å². The van der Waals surface area contributed by atoms with Crippen LogP contribution in [0.25, 0.3) is 0 Å². The second-order valence-electron chi connectivity index (χ2n) is 2.78. The van der Waals surface area contributed by atoms with Gasteiger partial charge in [-0.15, -0.1) is 0 Å². The summed E-state index contributed by atoms with van der Waals surface area (Å²) in [5, 5.41) is -0.138. The zero-order valence-electron chi connectivity index (χ0n) is 7.45. The Balaban J connectivity index is 3.47. The Bertz CT molecular complexity index is 393. The predicted molar refractivity (Wildman–Crippen MR) is 59.5 cm³/mol. The van der Waals surface area contributed by atoms with Crippen LogP contribution in [0.3, 0.4) is 0 Å². The summed E-state index contributed by atoms with van der Waals surface area (Å²) in [5.41, 5.74) is -2.08. The largest absolute Gasteiger partial charge is 0.419 e. The fourth-order valence-corrected chi connectivity index (χ4v) is 2.50. The van der Waals surface area contributed by atoms with Gasteiger partial charge in [0.2, 0.25) is 0 Å². The average Bonchev–Trinajstić information content (AvgIpc) is 2.14. The minimum Gasteiger partial charge on any atom is -0.259 e. The van der Waals surface area contributed by atoms with Crippen LogP contribution >= 0.6 is 38.5 Å². The van der Waals surface area contributed by atoms with E-state index in [2.05, 4.69) is 20.9 Å². The van der Waals surface area contributed by atoms with Crippen molar-refractivity contribution in [2.45, 2.75) is 17.9 Å². The molecule has 0 fully saturated rings. The van der Waals surface area contributed by atoms with E-state index in [1.54, 1.807) is 0 Å². The smallest absolute Gasteiger partial charge is 0.259 e. The summed E-state index contributed by atoms with van der Waals surface area (Å²) in [6.07, 6.45) is -6.87. The third-order valence-corrected chi connectivity index (χ3v) is 3.46. The van der Waals surface area contributed by atoms with Crippen molar-refractivity contribution in [3.8, 4) is 0 Å². The Kier molecular flexibility index (Phi) is 4.49. The molecule has 16 heavy (non-hydrogen) atoms. The molecule has 0 aromatic carbocycles. The molecular formula is C8H4BrF5IN. The lowest BCUT2D eigenvalue weighted by Gasteiger charge is -2.15. The number of hydrogen-bond acceptors (Lipinski definition) is 1. The molecule has 0 amide bonds. The average molecular weight is 416 g/mol. The lowest BCUT2D eigenvalue weighted by atomic mass is 10.1. The molecule has 1 heterocycles. The normalized spacial score (nSPS) is 12.2. The molecule has 1 aromatic heterocycles. The number of halogens is 7. The van der Waals surface area contributed by atoms with Gasteiger partial charge >= 0.3 is 6.18 Å². The van der Waals surface area contributed by atoms with Crippen molar-refractivity contribution in [3.63, 3.8) is 0 Å². The van der Waals surface area contributed by atoms with Crippen molar-refractivity contribution < 1.29 is 22.0 Å². The van der Waals surface area contributed by atoms with Crippen LogP contribution in [-0.4, -0.2) is 4.98 Å². The third kappa shape index (κ3) is 2.82. The van der Waals surface area contributed by atoms with Gasteiger partial charge < -0.3 is 0 Å². The molecule has 0 atom stereocenters. The molecule has 90 valence electrons. The van der Waals surface area contributed by atoms with E-state index in [4.69, 9.17) is 0 Å². The first-order chi connectivity index (χ1) is 7.29. The summed E-state index contributed by atoms with van der Waals surface area (Å²) in [5.74, 6) is 0. The maximum Gasteiger partial charge on any atom is 0.419 e. The monoisotopic (exact) mass is 415 g/mol. The number of nitrogens with zero attached hydrogens (tertiary/aromatic N) is 1. The van der Waals surface area contributed by atoms with E-state index >= 15 is 0 Å². The molecule has 0 aliphatic rings. The van der Waals surface area contributed by atoms with Crippen LogP contribution in [-0.2, 0) is 11.5 Å². The van der Waals surface area contributed by atoms with Gasteiger partial charge in [0.1, 0.15) is 0 Å². The Morgan fingerprint density at radius 1 is 1.38 bits per heavy atom. The van der Waals surface area contributed by atoms with E-state index in [0.29, 0.717) is 0 Å². The van der Waals surface area contributed by atoms with Gasteiger partial charge in [-0.2, -0.15) is 13.2 Å². The van der Waals surface area contributed by atoms with Crippen LogP contribution in [0.5, 0.6) is 0 Å². The van der Waals surface area contributed by atoms with Crippen molar-refractivity contribution in [1.82, 2.24) is 4.98 Å². The van der Waals surface area contributed by atoms with Crippen LogP contribution in [0, 0.1) is 3.57 Å². The number of pyridine rings is 1. The lowest BCUT2D eigenvalue weighted by Crippen LogP contribution is -2.14. The highest BCUT2D eigenvalue weighted by Crippen LogP contribution is 2.38. The molecular weight excluding hydrogens is 412 g/mol. The lowest BCUT2D eigenvalue weighted by molar-refractivity contribution is -0.139. The Labute approximate surface area is 110 Å². The highest BCUT2D eigenvalue weighted by Gasteiger charge is 2.38. The summed E-state index contributed by atoms with van der Waals surface area (Å²) in [6, 6.07) is 0. The van der Waals surface area contributed by atoms with Crippen molar-refractivity contribution >= 4 is 38.5 Å². The molecule has 0 unspecified atom stereocenters. The van der Waals surface area contributed by atoms with E-state index in [1.165, 1.54) is 22.6 Å². The van der Waals surface area contributed by atoms with Gasteiger partial charge in [0.15, 0.2) is 0 Å². The van der Waals surface area contributed by atoms with E-state index in [-0.39, 0.29) is 11.0 Å². The molecule has 0 aliphatic heterocycles.